The van der Waals surface area contributed by atoms with Gasteiger partial charge in [-0.2, -0.15) is 0 Å². The molecule has 0 aromatic rings. The zero-order valence-corrected chi connectivity index (χ0v) is 3.85. The van der Waals surface area contributed by atoms with Crippen LogP contribution in [0.3, 0.4) is 0 Å². The monoisotopic (exact) mass is 132 g/mol. The second kappa shape index (κ2) is 5.88. The van der Waals surface area contributed by atoms with Gasteiger partial charge in [0.15, 0.2) is 0 Å². The summed E-state index contributed by atoms with van der Waals surface area (Å²) < 4.78 is 29.5. The molecule has 0 radical (unpaired) electrons. The second-order valence-corrected chi connectivity index (χ2v) is 2.47. The molecule has 4 nitrogen and oxygen atoms in total. The first-order valence-electron chi connectivity index (χ1n) is 0.894. The van der Waals surface area contributed by atoms with E-state index in [1.54, 1.807) is 0 Å². The predicted octanol–water partition coefficient (Wildman–Crippen LogP) is -3.53. The van der Waals surface area contributed by atoms with Crippen molar-refractivity contribution in [1.29, 1.82) is 0 Å². The van der Waals surface area contributed by atoms with Gasteiger partial charge in [-0.25, -0.2) is 0 Å². The van der Waals surface area contributed by atoms with E-state index in [2.05, 4.69) is 0 Å². The Labute approximate surface area is 70.2 Å². The third-order valence-corrected chi connectivity index (χ3v) is 0. The van der Waals surface area contributed by atoms with Gasteiger partial charge in [0.1, 0.15) is 0 Å². The van der Waals surface area contributed by atoms with Crippen LogP contribution in [0.2, 0.25) is 0 Å². The molecule has 0 aliphatic carbocycles. The molecule has 0 saturated heterocycles. The quantitative estimate of drug-likeness (QED) is 0.257. The number of hydrogen-bond acceptors (Lipinski definition) is 4. The second-order valence-electron chi connectivity index (χ2n) is 0.600. The van der Waals surface area contributed by atoms with Crippen molar-refractivity contribution in [3.8, 4) is 0 Å². The molecule has 0 rings (SSSR count). The summed E-state index contributed by atoms with van der Waals surface area (Å²) in [7, 11) is 0. The molecule has 0 aromatic heterocycles. The Morgan fingerprint density at radius 2 is 0.714 bits per heavy atom. The Hall–Kier alpha value is 1.75. The Balaban J connectivity index is -0.0000000800. The van der Waals surface area contributed by atoms with Gasteiger partial charge < -0.3 is 0 Å². The molecule has 0 spiro atoms. The van der Waals surface area contributed by atoms with Gasteiger partial charge in [0.05, 0.1) is 0 Å². The van der Waals surface area contributed by atoms with Crippen molar-refractivity contribution < 1.29 is 32.9 Å². The topological polar surface area (TPSA) is 80.9 Å². The summed E-state index contributed by atoms with van der Waals surface area (Å²) in [6, 6.07) is 0. The Bertz CT molecular complexity index is 25.2. The van der Waals surface area contributed by atoms with E-state index in [9.17, 15) is 0 Å². The minimum absolute atomic E-state index is 0. The maximum absolute atomic E-state index is 7.38. The number of rotatable bonds is 0. The van der Waals surface area contributed by atoms with Crippen LogP contribution in [0.5, 0.6) is 0 Å². The van der Waals surface area contributed by atoms with Crippen LogP contribution < -0.4 is 0 Å². The normalized spacial score (nSPS) is 8.57. The summed E-state index contributed by atoms with van der Waals surface area (Å²) in [6.07, 6.45) is 0. The molecule has 0 atom stereocenters. The van der Waals surface area contributed by atoms with E-state index in [1.165, 1.54) is 0 Å². The Morgan fingerprint density at radius 3 is 0.714 bits per heavy atom. The number of hydrogen-bond donors (Lipinski definition) is 4. The van der Waals surface area contributed by atoms with Crippen LogP contribution in [-0.4, -0.2) is 52.5 Å². The van der Waals surface area contributed by atoms with E-state index in [0.717, 1.165) is 0 Å². The fraction of sp³-hybridized carbons (Fsp3) is 0. The van der Waals surface area contributed by atoms with E-state index in [0.29, 0.717) is 0 Å². The maximum atomic E-state index is 7.38. The summed E-state index contributed by atoms with van der Waals surface area (Å²) >= 11 is -5.00. The van der Waals surface area contributed by atoms with Crippen molar-refractivity contribution in [2.24, 2.45) is 0 Å². The molecule has 0 saturated carbocycles. The van der Waals surface area contributed by atoms with Gasteiger partial charge in [0.25, 0.3) is 0 Å². The van der Waals surface area contributed by atoms with E-state index < -0.39 is 18.1 Å². The van der Waals surface area contributed by atoms with Gasteiger partial charge in [-0.05, 0) is 0 Å². The minimum atomic E-state index is -5.00. The molecule has 0 aromatic carbocycles. The van der Waals surface area contributed by atoms with Gasteiger partial charge >= 0.3 is 70.6 Å². The molecular weight excluding hydrogens is 126 g/mol. The van der Waals surface area contributed by atoms with Crippen molar-refractivity contribution in [3.63, 3.8) is 0 Å². The Morgan fingerprint density at radius 1 is 0.714 bits per heavy atom. The molecule has 7 heavy (non-hydrogen) atoms. The van der Waals surface area contributed by atoms with E-state index in [4.69, 9.17) is 14.8 Å². The van der Waals surface area contributed by atoms with E-state index in [-0.39, 0.29) is 37.7 Å². The van der Waals surface area contributed by atoms with E-state index >= 15 is 0 Å². The van der Waals surface area contributed by atoms with Crippen molar-refractivity contribution in [2.75, 3.05) is 0 Å². The SMILES string of the molecule is [LiH].[LiH].[OH][Ti]([OH])([OH])[OH]. The molecule has 0 fully saturated rings. The first-order chi connectivity index (χ1) is 2.00. The van der Waals surface area contributed by atoms with Crippen LogP contribution in [0.15, 0.2) is 0 Å². The van der Waals surface area contributed by atoms with Crippen molar-refractivity contribution >= 4 is 37.7 Å². The van der Waals surface area contributed by atoms with Gasteiger partial charge in [-0.15, -0.1) is 0 Å². The fourth-order valence-electron chi connectivity index (χ4n) is 0. The summed E-state index contributed by atoms with van der Waals surface area (Å²) in [6.45, 7) is 0. The summed E-state index contributed by atoms with van der Waals surface area (Å²) in [5, 5.41) is 0. The van der Waals surface area contributed by atoms with Crippen LogP contribution in [0.4, 0.5) is 0 Å². The molecule has 4 N–H and O–H groups in total. The molecule has 0 aliphatic heterocycles. The zero-order chi connectivity index (χ0) is 4.50. The molecule has 7 heteroatoms. The molecule has 0 aliphatic rings. The molecular formula is H6Li2O4Ti. The first-order valence-corrected chi connectivity index (χ1v) is 3.69. The Kier molecular flexibility index (Phi) is 13.3. The third kappa shape index (κ3) is 83.7. The first kappa shape index (κ1) is 15.9. The van der Waals surface area contributed by atoms with Gasteiger partial charge in [-0.1, -0.05) is 0 Å². The molecule has 0 unspecified atom stereocenters. The van der Waals surface area contributed by atoms with Crippen molar-refractivity contribution in [3.05, 3.63) is 0 Å². The van der Waals surface area contributed by atoms with E-state index in [1.807, 2.05) is 0 Å². The molecule has 36 valence electrons. The standard InChI is InChI=1S/2Li.4H2O.Ti.2H/h;;4*1H2;;;/q;;;;;;+4;;/p-4. The van der Waals surface area contributed by atoms with Gasteiger partial charge in [0, 0.05) is 0 Å². The van der Waals surface area contributed by atoms with Crippen molar-refractivity contribution in [2.45, 2.75) is 0 Å². The fourth-order valence-corrected chi connectivity index (χ4v) is 0. The molecule has 0 bridgehead atoms. The van der Waals surface area contributed by atoms with Crippen LogP contribution in [-0.2, 0) is 18.1 Å². The van der Waals surface area contributed by atoms with Crippen LogP contribution in [0.1, 0.15) is 0 Å². The zero-order valence-electron chi connectivity index (χ0n) is 2.29. The predicted molar refractivity (Wildman–Crippen MR) is 23.2 cm³/mol. The average molecular weight is 132 g/mol. The van der Waals surface area contributed by atoms with Crippen molar-refractivity contribution in [1.82, 2.24) is 0 Å². The third-order valence-electron chi connectivity index (χ3n) is 0. The molecule has 0 heterocycles. The van der Waals surface area contributed by atoms with Gasteiger partial charge in [0.2, 0.25) is 0 Å². The van der Waals surface area contributed by atoms with Crippen LogP contribution >= 0.6 is 0 Å². The average Bonchev–Trinajstić information content (AvgIpc) is 0.722. The molecule has 0 amide bonds. The van der Waals surface area contributed by atoms with Crippen LogP contribution in [0.25, 0.3) is 0 Å². The summed E-state index contributed by atoms with van der Waals surface area (Å²) in [5.41, 5.74) is 0. The van der Waals surface area contributed by atoms with Crippen LogP contribution in [0, 0.1) is 0 Å². The summed E-state index contributed by atoms with van der Waals surface area (Å²) in [4.78, 5) is 0. The van der Waals surface area contributed by atoms with Gasteiger partial charge in [-0.3, -0.25) is 0 Å². The summed E-state index contributed by atoms with van der Waals surface area (Å²) in [5.74, 6) is 0.